The molecule has 3 nitrogen and oxygen atoms in total. The summed E-state index contributed by atoms with van der Waals surface area (Å²) in [6.45, 7) is 6.14. The number of carbonyl (C=O) groups excluding carboxylic acids is 1. The first-order valence-corrected chi connectivity index (χ1v) is 8.51. The largest absolute Gasteiger partial charge is 0.435 e. The molecule has 1 aliphatic heterocycles. The highest BCUT2D eigenvalue weighted by molar-refractivity contribution is 5.80. The first-order valence-electron chi connectivity index (χ1n) is 8.51. The van der Waals surface area contributed by atoms with Crippen LogP contribution in [0.2, 0.25) is 0 Å². The van der Waals surface area contributed by atoms with E-state index in [0.29, 0.717) is 5.92 Å². The van der Waals surface area contributed by atoms with E-state index in [9.17, 15) is 4.79 Å². The zero-order chi connectivity index (χ0) is 16.2. The fraction of sp³-hybridized carbons (Fsp3) is 0.550. The van der Waals surface area contributed by atoms with Crippen LogP contribution in [-0.2, 0) is 14.3 Å². The molecule has 0 radical (unpaired) electrons. The van der Waals surface area contributed by atoms with Gasteiger partial charge in [-0.05, 0) is 30.2 Å². The third kappa shape index (κ3) is 2.17. The molecule has 1 aromatic rings. The van der Waals surface area contributed by atoms with Crippen LogP contribution in [0.4, 0.5) is 0 Å². The highest BCUT2D eigenvalue weighted by atomic mass is 16.7. The van der Waals surface area contributed by atoms with E-state index in [1.54, 1.807) is 0 Å². The van der Waals surface area contributed by atoms with Crippen molar-refractivity contribution in [3.8, 4) is 0 Å². The van der Waals surface area contributed by atoms with Gasteiger partial charge in [0.05, 0.1) is 0 Å². The molecule has 2 aliphatic carbocycles. The Morgan fingerprint density at radius 3 is 2.43 bits per heavy atom. The maximum atomic E-state index is 13.1. The zero-order valence-corrected chi connectivity index (χ0v) is 14.0. The first-order chi connectivity index (χ1) is 10.9. The van der Waals surface area contributed by atoms with E-state index in [1.165, 1.54) is 0 Å². The fourth-order valence-corrected chi connectivity index (χ4v) is 4.40. The molecule has 3 aliphatic rings. The van der Waals surface area contributed by atoms with Crippen LogP contribution in [0.25, 0.3) is 0 Å². The molecule has 1 heterocycles. The van der Waals surface area contributed by atoms with E-state index in [2.05, 4.69) is 24.3 Å². The molecule has 1 saturated carbocycles. The van der Waals surface area contributed by atoms with Gasteiger partial charge in [-0.1, -0.05) is 63.3 Å². The number of carbonyl (C=O) groups is 1. The van der Waals surface area contributed by atoms with Gasteiger partial charge in [-0.3, -0.25) is 4.79 Å². The lowest BCUT2D eigenvalue weighted by Crippen LogP contribution is -2.53. The van der Waals surface area contributed by atoms with Crippen LogP contribution in [0.15, 0.2) is 42.5 Å². The van der Waals surface area contributed by atoms with Gasteiger partial charge in [0.1, 0.15) is 11.5 Å². The summed E-state index contributed by atoms with van der Waals surface area (Å²) in [5.41, 5.74) is 0.291. The van der Waals surface area contributed by atoms with Crippen LogP contribution in [0, 0.1) is 22.7 Å². The molecular weight excluding hydrogens is 288 g/mol. The van der Waals surface area contributed by atoms with Crippen molar-refractivity contribution in [2.75, 3.05) is 0 Å². The predicted molar refractivity (Wildman–Crippen MR) is 87.4 cm³/mol. The summed E-state index contributed by atoms with van der Waals surface area (Å²) >= 11 is 0. The SMILES string of the molecule is CC(C)(C)C1OC(=O)C2(CC3C=CC2C3)C(c2ccccc2)O1. The number of benzene rings is 1. The predicted octanol–water partition coefficient (Wildman–Crippen LogP) is 4.26. The van der Waals surface area contributed by atoms with Crippen LogP contribution < -0.4 is 0 Å². The fourth-order valence-electron chi connectivity index (χ4n) is 4.40. The second-order valence-electron chi connectivity index (χ2n) is 8.26. The maximum absolute atomic E-state index is 13.1. The van der Waals surface area contributed by atoms with E-state index < -0.39 is 11.7 Å². The molecule has 0 amide bonds. The summed E-state index contributed by atoms with van der Waals surface area (Å²) in [5.74, 6) is 0.633. The molecule has 1 saturated heterocycles. The number of hydrogen-bond donors (Lipinski definition) is 0. The van der Waals surface area contributed by atoms with E-state index in [-0.39, 0.29) is 23.4 Å². The van der Waals surface area contributed by atoms with Crippen LogP contribution in [0.1, 0.15) is 45.3 Å². The van der Waals surface area contributed by atoms with Crippen molar-refractivity contribution in [2.24, 2.45) is 22.7 Å². The Balaban J connectivity index is 1.78. The highest BCUT2D eigenvalue weighted by Crippen LogP contribution is 2.62. The summed E-state index contributed by atoms with van der Waals surface area (Å²) < 4.78 is 12.2. The van der Waals surface area contributed by atoms with Gasteiger partial charge in [0.25, 0.3) is 0 Å². The van der Waals surface area contributed by atoms with Crippen LogP contribution >= 0.6 is 0 Å². The topological polar surface area (TPSA) is 35.5 Å². The quantitative estimate of drug-likeness (QED) is 0.574. The number of esters is 1. The Bertz CT molecular complexity index is 643. The molecule has 3 heteroatoms. The monoisotopic (exact) mass is 312 g/mol. The van der Waals surface area contributed by atoms with Gasteiger partial charge < -0.3 is 9.47 Å². The van der Waals surface area contributed by atoms with E-state index >= 15 is 0 Å². The maximum Gasteiger partial charge on any atom is 0.318 e. The number of allylic oxidation sites excluding steroid dienone is 2. The van der Waals surface area contributed by atoms with Crippen molar-refractivity contribution in [2.45, 2.75) is 46.0 Å². The Labute approximate surface area is 137 Å². The summed E-state index contributed by atoms with van der Waals surface area (Å²) in [6.07, 6.45) is 5.60. The third-order valence-electron chi connectivity index (χ3n) is 5.56. The Morgan fingerprint density at radius 1 is 1.13 bits per heavy atom. The average Bonchev–Trinajstić information content (AvgIpc) is 3.11. The number of cyclic esters (lactones) is 1. The molecule has 122 valence electrons. The van der Waals surface area contributed by atoms with Gasteiger partial charge in [-0.25, -0.2) is 0 Å². The number of ether oxygens (including phenoxy) is 2. The molecule has 1 aromatic carbocycles. The van der Waals surface area contributed by atoms with Gasteiger partial charge in [-0.15, -0.1) is 0 Å². The third-order valence-corrected chi connectivity index (χ3v) is 5.56. The molecule has 4 rings (SSSR count). The summed E-state index contributed by atoms with van der Waals surface area (Å²) in [6, 6.07) is 10.2. The molecular formula is C20H24O3. The molecule has 5 unspecified atom stereocenters. The normalized spacial score (nSPS) is 39.0. The van der Waals surface area contributed by atoms with Crippen molar-refractivity contribution < 1.29 is 14.3 Å². The van der Waals surface area contributed by atoms with Crippen molar-refractivity contribution in [1.29, 1.82) is 0 Å². The second-order valence-corrected chi connectivity index (χ2v) is 8.26. The lowest BCUT2D eigenvalue weighted by molar-refractivity contribution is -0.281. The van der Waals surface area contributed by atoms with Gasteiger partial charge in [0, 0.05) is 5.41 Å². The molecule has 0 aromatic heterocycles. The number of fused-ring (bicyclic) bond motifs is 3. The van der Waals surface area contributed by atoms with E-state index in [0.717, 1.165) is 18.4 Å². The molecule has 1 spiro atoms. The van der Waals surface area contributed by atoms with E-state index in [1.807, 2.05) is 39.0 Å². The van der Waals surface area contributed by atoms with Crippen molar-refractivity contribution in [3.63, 3.8) is 0 Å². The number of hydrogen-bond acceptors (Lipinski definition) is 3. The molecule has 2 bridgehead atoms. The summed E-state index contributed by atoms with van der Waals surface area (Å²) in [5, 5.41) is 0. The molecule has 23 heavy (non-hydrogen) atoms. The van der Waals surface area contributed by atoms with Gasteiger partial charge in [0.2, 0.25) is 6.29 Å². The summed E-state index contributed by atoms with van der Waals surface area (Å²) in [7, 11) is 0. The molecule has 2 fully saturated rings. The first kappa shape index (κ1) is 14.9. The smallest absolute Gasteiger partial charge is 0.318 e. The van der Waals surface area contributed by atoms with E-state index in [4.69, 9.17) is 9.47 Å². The number of rotatable bonds is 1. The van der Waals surface area contributed by atoms with Crippen LogP contribution in [-0.4, -0.2) is 12.3 Å². The standard InChI is InChI=1S/C20H24O3/c1-19(2,3)18-22-16(14-7-5-4-6-8-14)20(17(21)23-18)12-13-9-10-15(20)11-13/h4-10,13,15-16,18H,11-12H2,1-3H3. The van der Waals surface area contributed by atoms with Crippen molar-refractivity contribution in [1.82, 2.24) is 0 Å². The minimum Gasteiger partial charge on any atom is -0.435 e. The Kier molecular flexibility index (Phi) is 3.21. The highest BCUT2D eigenvalue weighted by Gasteiger charge is 2.63. The van der Waals surface area contributed by atoms with Crippen molar-refractivity contribution in [3.05, 3.63) is 48.0 Å². The van der Waals surface area contributed by atoms with Crippen LogP contribution in [0.3, 0.4) is 0 Å². The Hall–Kier alpha value is -1.61. The minimum absolute atomic E-state index is 0.0746. The van der Waals surface area contributed by atoms with Crippen LogP contribution in [0.5, 0.6) is 0 Å². The van der Waals surface area contributed by atoms with Crippen molar-refractivity contribution >= 4 is 5.97 Å². The second kappa shape index (κ2) is 4.94. The van der Waals surface area contributed by atoms with Gasteiger partial charge in [-0.2, -0.15) is 0 Å². The summed E-state index contributed by atoms with van der Waals surface area (Å²) in [4.78, 5) is 13.1. The Morgan fingerprint density at radius 2 is 1.87 bits per heavy atom. The average molecular weight is 312 g/mol. The lowest BCUT2D eigenvalue weighted by Gasteiger charge is -2.48. The zero-order valence-electron chi connectivity index (χ0n) is 14.0. The van der Waals surface area contributed by atoms with Gasteiger partial charge in [0.15, 0.2) is 0 Å². The minimum atomic E-state index is -0.553. The molecule has 5 atom stereocenters. The lowest BCUT2D eigenvalue weighted by atomic mass is 9.68. The van der Waals surface area contributed by atoms with Gasteiger partial charge >= 0.3 is 5.97 Å². The molecule has 0 N–H and O–H groups in total.